The first kappa shape index (κ1) is 24.1. The average Bonchev–Trinajstić information content (AvgIpc) is 2.69. The van der Waals surface area contributed by atoms with E-state index >= 15 is 0 Å². The van der Waals surface area contributed by atoms with Gasteiger partial charge in [-0.1, -0.05) is 83.3 Å². The number of hydrogen-bond acceptors (Lipinski definition) is 4. The second kappa shape index (κ2) is 15.1. The fourth-order valence-corrected chi connectivity index (χ4v) is 3.49. The maximum absolute atomic E-state index is 11.2. The van der Waals surface area contributed by atoms with Crippen LogP contribution in [0.15, 0.2) is 24.3 Å². The third-order valence-electron chi connectivity index (χ3n) is 5.30. The van der Waals surface area contributed by atoms with E-state index in [4.69, 9.17) is 4.74 Å². The minimum atomic E-state index is -0.352. The van der Waals surface area contributed by atoms with Gasteiger partial charge in [0.15, 0.2) is 0 Å². The van der Waals surface area contributed by atoms with Crippen LogP contribution >= 0.6 is 0 Å². The van der Waals surface area contributed by atoms with E-state index in [1.54, 1.807) is 12.1 Å². The van der Waals surface area contributed by atoms with Crippen LogP contribution in [-0.4, -0.2) is 18.0 Å². The van der Waals surface area contributed by atoms with Gasteiger partial charge in [0.05, 0.1) is 12.0 Å². The number of carbonyl (C=O) groups excluding carboxylic acids is 1. The van der Waals surface area contributed by atoms with Crippen molar-refractivity contribution in [3.8, 4) is 0 Å². The Morgan fingerprint density at radius 1 is 0.929 bits per heavy atom. The summed E-state index contributed by atoms with van der Waals surface area (Å²) in [5.41, 5.74) is 1.35. The minimum Gasteiger partial charge on any atom is -0.469 e. The molecule has 0 saturated carbocycles. The van der Waals surface area contributed by atoms with Crippen molar-refractivity contribution in [2.75, 3.05) is 7.11 Å². The molecule has 1 aromatic rings. The van der Waals surface area contributed by atoms with Gasteiger partial charge in [-0.2, -0.15) is 0 Å². The largest absolute Gasteiger partial charge is 0.469 e. The van der Waals surface area contributed by atoms with Gasteiger partial charge in [0, 0.05) is 18.6 Å². The van der Waals surface area contributed by atoms with Crippen LogP contribution in [0.5, 0.6) is 0 Å². The van der Waals surface area contributed by atoms with Crippen molar-refractivity contribution in [1.82, 2.24) is 0 Å². The highest BCUT2D eigenvalue weighted by molar-refractivity contribution is 5.69. The van der Waals surface area contributed by atoms with Crippen molar-refractivity contribution in [2.45, 2.75) is 90.4 Å². The standard InChI is InChI=1S/C23H37NO4/c1-20(19-23(25)28-2)13-11-9-7-5-3-4-6-8-10-12-14-21-15-17-22(18-16-21)24(26)27/h15-18,20H,3-14,19H2,1-2H3. The molecule has 0 N–H and O–H groups in total. The molecule has 0 spiro atoms. The minimum absolute atomic E-state index is 0.0970. The second-order valence-corrected chi connectivity index (χ2v) is 7.88. The van der Waals surface area contributed by atoms with Crippen molar-refractivity contribution in [2.24, 2.45) is 5.92 Å². The number of nitro groups is 1. The fraction of sp³-hybridized carbons (Fsp3) is 0.696. The van der Waals surface area contributed by atoms with E-state index in [9.17, 15) is 14.9 Å². The van der Waals surface area contributed by atoms with Crippen LogP contribution in [-0.2, 0) is 16.0 Å². The average molecular weight is 392 g/mol. The number of nitrogens with zero attached hydrogens (tertiary/aromatic N) is 1. The molecule has 158 valence electrons. The number of nitro benzene ring substituents is 1. The van der Waals surface area contributed by atoms with Crippen molar-refractivity contribution < 1.29 is 14.5 Å². The molecule has 0 aliphatic carbocycles. The van der Waals surface area contributed by atoms with E-state index in [0.29, 0.717) is 12.3 Å². The number of esters is 1. The Labute approximate surface area is 170 Å². The van der Waals surface area contributed by atoms with E-state index in [0.717, 1.165) is 19.3 Å². The normalized spacial score (nSPS) is 11.9. The predicted octanol–water partition coefficient (Wildman–Crippen LogP) is 6.63. The quantitative estimate of drug-likeness (QED) is 0.137. The molecule has 28 heavy (non-hydrogen) atoms. The van der Waals surface area contributed by atoms with Gasteiger partial charge in [-0.3, -0.25) is 14.9 Å². The maximum atomic E-state index is 11.2. The molecule has 0 amide bonds. The molecule has 0 aromatic heterocycles. The Bertz CT molecular complexity index is 556. The second-order valence-electron chi connectivity index (χ2n) is 7.88. The number of ether oxygens (including phenoxy) is 1. The van der Waals surface area contributed by atoms with Crippen molar-refractivity contribution in [3.63, 3.8) is 0 Å². The molecule has 1 rings (SSSR count). The summed E-state index contributed by atoms with van der Waals surface area (Å²) in [6, 6.07) is 6.92. The number of aryl methyl sites for hydroxylation is 1. The number of non-ortho nitro benzene ring substituents is 1. The van der Waals surface area contributed by atoms with E-state index in [2.05, 4.69) is 6.92 Å². The fourth-order valence-electron chi connectivity index (χ4n) is 3.49. The Hall–Kier alpha value is -1.91. The summed E-state index contributed by atoms with van der Waals surface area (Å²) in [5, 5.41) is 10.6. The van der Waals surface area contributed by atoms with E-state index in [1.807, 2.05) is 12.1 Å². The van der Waals surface area contributed by atoms with Crippen LogP contribution in [0.1, 0.15) is 89.5 Å². The highest BCUT2D eigenvalue weighted by atomic mass is 16.6. The summed E-state index contributed by atoms with van der Waals surface area (Å²) in [6.45, 7) is 2.12. The lowest BCUT2D eigenvalue weighted by atomic mass is 9.98. The Morgan fingerprint density at radius 3 is 1.93 bits per heavy atom. The van der Waals surface area contributed by atoms with Gasteiger partial charge in [0.2, 0.25) is 0 Å². The Balaban J connectivity index is 1.87. The third kappa shape index (κ3) is 11.7. The zero-order valence-corrected chi connectivity index (χ0v) is 17.7. The van der Waals surface area contributed by atoms with Crippen molar-refractivity contribution in [1.29, 1.82) is 0 Å². The summed E-state index contributed by atoms with van der Waals surface area (Å²) < 4.78 is 4.70. The van der Waals surface area contributed by atoms with E-state index < -0.39 is 0 Å². The molecule has 1 atom stereocenters. The smallest absolute Gasteiger partial charge is 0.305 e. The number of hydrogen-bond donors (Lipinski definition) is 0. The summed E-state index contributed by atoms with van der Waals surface area (Å²) in [7, 11) is 1.45. The number of methoxy groups -OCH3 is 1. The van der Waals surface area contributed by atoms with Crippen LogP contribution < -0.4 is 0 Å². The predicted molar refractivity (Wildman–Crippen MR) is 113 cm³/mol. The molecule has 0 fully saturated rings. The molecule has 0 aliphatic rings. The van der Waals surface area contributed by atoms with Gasteiger partial charge in [-0.15, -0.1) is 0 Å². The monoisotopic (exact) mass is 391 g/mol. The molecule has 0 aliphatic heterocycles. The lowest BCUT2D eigenvalue weighted by Gasteiger charge is -2.09. The van der Waals surface area contributed by atoms with Gasteiger partial charge < -0.3 is 4.74 Å². The SMILES string of the molecule is COC(=O)CC(C)CCCCCCCCCCCCc1ccc([N+](=O)[O-])cc1. The number of benzene rings is 1. The van der Waals surface area contributed by atoms with E-state index in [-0.39, 0.29) is 16.6 Å². The highest BCUT2D eigenvalue weighted by Crippen LogP contribution is 2.17. The first-order valence-electron chi connectivity index (χ1n) is 10.8. The molecule has 0 radical (unpaired) electrons. The zero-order valence-electron chi connectivity index (χ0n) is 17.7. The lowest BCUT2D eigenvalue weighted by molar-refractivity contribution is -0.384. The van der Waals surface area contributed by atoms with Crippen molar-refractivity contribution >= 4 is 11.7 Å². The first-order valence-corrected chi connectivity index (χ1v) is 10.8. The first-order chi connectivity index (χ1) is 13.5. The molecule has 1 unspecified atom stereocenters. The van der Waals surface area contributed by atoms with Gasteiger partial charge in [0.25, 0.3) is 5.69 Å². The van der Waals surface area contributed by atoms with Gasteiger partial charge in [0.1, 0.15) is 0 Å². The summed E-state index contributed by atoms with van der Waals surface area (Å²) in [5.74, 6) is 0.332. The van der Waals surface area contributed by atoms with Gasteiger partial charge in [-0.05, 0) is 24.3 Å². The van der Waals surface area contributed by atoms with Crippen LogP contribution in [0.25, 0.3) is 0 Å². The van der Waals surface area contributed by atoms with Crippen molar-refractivity contribution in [3.05, 3.63) is 39.9 Å². The van der Waals surface area contributed by atoms with Crippen LogP contribution in [0, 0.1) is 16.0 Å². The molecule has 0 heterocycles. The summed E-state index contributed by atoms with van der Waals surface area (Å²) >= 11 is 0. The van der Waals surface area contributed by atoms with Crippen LogP contribution in [0.4, 0.5) is 5.69 Å². The molecule has 5 heteroatoms. The number of unbranched alkanes of at least 4 members (excludes halogenated alkanes) is 9. The zero-order chi connectivity index (χ0) is 20.6. The van der Waals surface area contributed by atoms with Gasteiger partial charge in [-0.25, -0.2) is 0 Å². The highest BCUT2D eigenvalue weighted by Gasteiger charge is 2.08. The Kier molecular flexibility index (Phi) is 13.0. The van der Waals surface area contributed by atoms with Crippen LogP contribution in [0.3, 0.4) is 0 Å². The molecule has 0 saturated heterocycles. The molecular weight excluding hydrogens is 354 g/mol. The number of rotatable bonds is 16. The summed E-state index contributed by atoms with van der Waals surface area (Å²) in [4.78, 5) is 21.5. The number of carbonyl (C=O) groups is 1. The molecule has 0 bridgehead atoms. The molecule has 5 nitrogen and oxygen atoms in total. The Morgan fingerprint density at radius 2 is 1.43 bits per heavy atom. The summed E-state index contributed by atoms with van der Waals surface area (Å²) in [6.07, 6.45) is 15.3. The molecular formula is C23H37NO4. The maximum Gasteiger partial charge on any atom is 0.305 e. The van der Waals surface area contributed by atoms with Crippen LogP contribution in [0.2, 0.25) is 0 Å². The third-order valence-corrected chi connectivity index (χ3v) is 5.30. The topological polar surface area (TPSA) is 69.4 Å². The van der Waals surface area contributed by atoms with Gasteiger partial charge >= 0.3 is 5.97 Å². The van der Waals surface area contributed by atoms with E-state index in [1.165, 1.54) is 70.5 Å². The molecule has 1 aromatic carbocycles. The lowest BCUT2D eigenvalue weighted by Crippen LogP contribution is -2.06.